The lowest BCUT2D eigenvalue weighted by atomic mass is 10.1. The Balaban J connectivity index is 2.39. The van der Waals surface area contributed by atoms with Crippen LogP contribution in [0, 0.1) is 3.57 Å². The molecule has 0 fully saturated rings. The van der Waals surface area contributed by atoms with Crippen LogP contribution in [0.3, 0.4) is 0 Å². The van der Waals surface area contributed by atoms with Crippen LogP contribution >= 0.6 is 22.6 Å². The molecule has 2 aromatic carbocycles. The van der Waals surface area contributed by atoms with E-state index in [2.05, 4.69) is 0 Å². The molecule has 0 heterocycles. The molecule has 0 aliphatic heterocycles. The van der Waals surface area contributed by atoms with Crippen molar-refractivity contribution in [1.29, 1.82) is 0 Å². The number of carbonyl (C=O) groups excluding carboxylic acids is 1. The summed E-state index contributed by atoms with van der Waals surface area (Å²) in [6, 6.07) is 12.1. The number of hydrogen-bond donors (Lipinski definition) is 2. The van der Waals surface area contributed by atoms with E-state index in [0.717, 1.165) is 0 Å². The standard InChI is InChI=1S/C15H15IN2O2/c1-2-18(13-6-4-3-5-12(13)17)15(20)10-7-8-11(16)14(19)9-10/h3-9,19H,2,17H2,1H3. The number of aromatic hydroxyl groups is 1. The molecule has 0 atom stereocenters. The number of phenolic OH excluding ortho intramolecular Hbond substituents is 1. The van der Waals surface area contributed by atoms with Crippen LogP contribution in [0.5, 0.6) is 5.75 Å². The summed E-state index contributed by atoms with van der Waals surface area (Å²) in [6.07, 6.45) is 0. The van der Waals surface area contributed by atoms with Gasteiger partial charge in [0.2, 0.25) is 0 Å². The summed E-state index contributed by atoms with van der Waals surface area (Å²) in [4.78, 5) is 14.1. The number of phenols is 1. The number of nitrogen functional groups attached to an aromatic ring is 1. The van der Waals surface area contributed by atoms with Gasteiger partial charge in [-0.2, -0.15) is 0 Å². The quantitative estimate of drug-likeness (QED) is 0.633. The van der Waals surface area contributed by atoms with E-state index in [0.29, 0.717) is 27.1 Å². The van der Waals surface area contributed by atoms with Crippen LogP contribution in [0.25, 0.3) is 0 Å². The molecule has 2 rings (SSSR count). The Morgan fingerprint density at radius 2 is 2.00 bits per heavy atom. The predicted octanol–water partition coefficient (Wildman–Crippen LogP) is 3.25. The molecule has 20 heavy (non-hydrogen) atoms. The lowest BCUT2D eigenvalue weighted by molar-refractivity contribution is 0.0988. The van der Waals surface area contributed by atoms with Crippen molar-refractivity contribution in [2.75, 3.05) is 17.2 Å². The average molecular weight is 382 g/mol. The second-order valence-corrected chi connectivity index (χ2v) is 5.44. The number of nitrogens with zero attached hydrogens (tertiary/aromatic N) is 1. The molecule has 5 heteroatoms. The molecule has 0 aliphatic rings. The predicted molar refractivity (Wildman–Crippen MR) is 89.0 cm³/mol. The van der Waals surface area contributed by atoms with Gasteiger partial charge in [-0.15, -0.1) is 0 Å². The smallest absolute Gasteiger partial charge is 0.258 e. The zero-order chi connectivity index (χ0) is 14.7. The lowest BCUT2D eigenvalue weighted by Gasteiger charge is -2.22. The Bertz CT molecular complexity index is 644. The molecular formula is C15H15IN2O2. The Hall–Kier alpha value is -1.76. The van der Waals surface area contributed by atoms with Crippen LogP contribution in [0.15, 0.2) is 42.5 Å². The molecule has 0 saturated heterocycles. The molecule has 0 spiro atoms. The highest BCUT2D eigenvalue weighted by molar-refractivity contribution is 14.1. The maximum absolute atomic E-state index is 12.5. The number of para-hydroxylation sites is 2. The molecule has 1 amide bonds. The third kappa shape index (κ3) is 2.87. The first-order chi connectivity index (χ1) is 9.54. The second kappa shape index (κ2) is 6.13. The molecular weight excluding hydrogens is 367 g/mol. The van der Waals surface area contributed by atoms with Gasteiger partial charge in [0.1, 0.15) is 5.75 Å². The van der Waals surface area contributed by atoms with Crippen molar-refractivity contribution in [3.05, 3.63) is 51.6 Å². The van der Waals surface area contributed by atoms with Crippen molar-refractivity contribution in [3.8, 4) is 5.75 Å². The van der Waals surface area contributed by atoms with Gasteiger partial charge in [-0.1, -0.05) is 12.1 Å². The first-order valence-electron chi connectivity index (χ1n) is 6.19. The van der Waals surface area contributed by atoms with Crippen LogP contribution in [-0.2, 0) is 0 Å². The van der Waals surface area contributed by atoms with Crippen LogP contribution in [0.2, 0.25) is 0 Å². The van der Waals surface area contributed by atoms with E-state index in [1.807, 2.05) is 47.7 Å². The Labute approximate surface area is 131 Å². The summed E-state index contributed by atoms with van der Waals surface area (Å²) in [7, 11) is 0. The number of halogens is 1. The highest BCUT2D eigenvalue weighted by Crippen LogP contribution is 2.26. The van der Waals surface area contributed by atoms with Gasteiger partial charge in [-0.25, -0.2) is 0 Å². The molecule has 0 aliphatic carbocycles. The van der Waals surface area contributed by atoms with E-state index in [1.54, 1.807) is 23.1 Å². The van der Waals surface area contributed by atoms with Crippen molar-refractivity contribution in [2.45, 2.75) is 6.92 Å². The number of nitrogens with two attached hydrogens (primary N) is 1. The monoisotopic (exact) mass is 382 g/mol. The van der Waals surface area contributed by atoms with Gasteiger partial charge < -0.3 is 15.7 Å². The summed E-state index contributed by atoms with van der Waals surface area (Å²) in [5.41, 5.74) is 7.59. The normalized spacial score (nSPS) is 10.3. The molecule has 0 unspecified atom stereocenters. The van der Waals surface area contributed by atoms with Crippen LogP contribution in [-0.4, -0.2) is 17.6 Å². The number of benzene rings is 2. The maximum atomic E-state index is 12.5. The van der Waals surface area contributed by atoms with E-state index < -0.39 is 0 Å². The van der Waals surface area contributed by atoms with E-state index in [1.165, 1.54) is 6.07 Å². The van der Waals surface area contributed by atoms with E-state index in [4.69, 9.17) is 5.73 Å². The summed E-state index contributed by atoms with van der Waals surface area (Å²) in [5, 5.41) is 9.73. The molecule has 104 valence electrons. The maximum Gasteiger partial charge on any atom is 0.258 e. The topological polar surface area (TPSA) is 66.6 Å². The van der Waals surface area contributed by atoms with E-state index in [-0.39, 0.29) is 11.7 Å². The fourth-order valence-electron chi connectivity index (χ4n) is 1.96. The van der Waals surface area contributed by atoms with Crippen LogP contribution in [0.4, 0.5) is 11.4 Å². The highest BCUT2D eigenvalue weighted by atomic mass is 127. The zero-order valence-corrected chi connectivity index (χ0v) is 13.2. The molecule has 0 saturated carbocycles. The third-order valence-electron chi connectivity index (χ3n) is 2.98. The van der Waals surface area contributed by atoms with Gasteiger partial charge in [0, 0.05) is 12.1 Å². The van der Waals surface area contributed by atoms with Crippen molar-refractivity contribution in [3.63, 3.8) is 0 Å². The lowest BCUT2D eigenvalue weighted by Crippen LogP contribution is -2.31. The first kappa shape index (κ1) is 14.6. The highest BCUT2D eigenvalue weighted by Gasteiger charge is 2.18. The SMILES string of the molecule is CCN(C(=O)c1ccc(I)c(O)c1)c1ccccc1N. The summed E-state index contributed by atoms with van der Waals surface area (Å²) >= 11 is 2.01. The van der Waals surface area contributed by atoms with Crippen molar-refractivity contribution in [1.82, 2.24) is 0 Å². The number of carbonyl (C=O) groups is 1. The molecule has 0 bridgehead atoms. The van der Waals surface area contributed by atoms with Crippen molar-refractivity contribution in [2.24, 2.45) is 0 Å². The largest absolute Gasteiger partial charge is 0.507 e. The molecule has 3 N–H and O–H groups in total. The Kier molecular flexibility index (Phi) is 4.49. The molecule has 2 aromatic rings. The first-order valence-corrected chi connectivity index (χ1v) is 7.27. The molecule has 4 nitrogen and oxygen atoms in total. The van der Waals surface area contributed by atoms with Crippen molar-refractivity contribution < 1.29 is 9.90 Å². The number of hydrogen-bond acceptors (Lipinski definition) is 3. The zero-order valence-electron chi connectivity index (χ0n) is 11.0. The van der Waals surface area contributed by atoms with Gasteiger partial charge in [0.15, 0.2) is 0 Å². The number of rotatable bonds is 3. The van der Waals surface area contributed by atoms with Gasteiger partial charge in [0.25, 0.3) is 5.91 Å². The van der Waals surface area contributed by atoms with Crippen LogP contribution < -0.4 is 10.6 Å². The minimum atomic E-state index is -0.183. The molecule has 0 aromatic heterocycles. The van der Waals surface area contributed by atoms with E-state index in [9.17, 15) is 9.90 Å². The third-order valence-corrected chi connectivity index (χ3v) is 3.89. The average Bonchev–Trinajstić information content (AvgIpc) is 2.44. The van der Waals surface area contributed by atoms with Crippen LogP contribution in [0.1, 0.15) is 17.3 Å². The summed E-state index contributed by atoms with van der Waals surface area (Å²) in [5.74, 6) is -0.0781. The summed E-state index contributed by atoms with van der Waals surface area (Å²) in [6.45, 7) is 2.39. The fraction of sp³-hybridized carbons (Fsp3) is 0.133. The van der Waals surface area contributed by atoms with Gasteiger partial charge >= 0.3 is 0 Å². The van der Waals surface area contributed by atoms with Gasteiger partial charge in [-0.05, 0) is 59.8 Å². The molecule has 0 radical (unpaired) electrons. The number of anilines is 2. The van der Waals surface area contributed by atoms with Gasteiger partial charge in [0.05, 0.1) is 14.9 Å². The summed E-state index contributed by atoms with van der Waals surface area (Å²) < 4.78 is 0.710. The Morgan fingerprint density at radius 3 is 2.60 bits per heavy atom. The number of amides is 1. The second-order valence-electron chi connectivity index (χ2n) is 4.27. The minimum Gasteiger partial charge on any atom is -0.507 e. The van der Waals surface area contributed by atoms with Crippen molar-refractivity contribution >= 4 is 39.9 Å². The van der Waals surface area contributed by atoms with Gasteiger partial charge in [-0.3, -0.25) is 4.79 Å². The fourth-order valence-corrected chi connectivity index (χ4v) is 2.29. The minimum absolute atomic E-state index is 0.105. The van der Waals surface area contributed by atoms with E-state index >= 15 is 0 Å². The Morgan fingerprint density at radius 1 is 1.30 bits per heavy atom.